The van der Waals surface area contributed by atoms with Crippen LogP contribution in [0.1, 0.15) is 26.4 Å². The van der Waals surface area contributed by atoms with Crippen LogP contribution >= 0.6 is 0 Å². The predicted molar refractivity (Wildman–Crippen MR) is 67.7 cm³/mol. The Morgan fingerprint density at radius 2 is 2.10 bits per heavy atom. The second-order valence-electron chi connectivity index (χ2n) is 4.14. The molecule has 1 heterocycles. The first-order valence-electron chi connectivity index (χ1n) is 5.77. The third-order valence-corrected chi connectivity index (χ3v) is 2.67. The number of carbonyl (C=O) groups excluding carboxylic acids is 1. The Balaban J connectivity index is 2.13. The van der Waals surface area contributed by atoms with Crippen LogP contribution in [0, 0.1) is 5.82 Å². The second kappa shape index (κ2) is 5.52. The molecule has 1 amide bonds. The zero-order valence-corrected chi connectivity index (χ0v) is 10.6. The minimum Gasteiger partial charge on any atom is -0.478 e. The molecular weight excluding hydrogens is 265 g/mol. The van der Waals surface area contributed by atoms with Crippen LogP contribution in [0.3, 0.4) is 0 Å². The zero-order valence-electron chi connectivity index (χ0n) is 10.6. The maximum Gasteiger partial charge on any atom is 0.339 e. The third kappa shape index (κ3) is 2.82. The first kappa shape index (κ1) is 13.7. The summed E-state index contributed by atoms with van der Waals surface area (Å²) in [6, 6.07) is 6.01. The van der Waals surface area contributed by atoms with Crippen molar-refractivity contribution in [3.8, 4) is 0 Å². The molecule has 0 spiro atoms. The topological polar surface area (TPSA) is 84.2 Å². The van der Waals surface area contributed by atoms with E-state index in [1.165, 1.54) is 30.1 Å². The van der Waals surface area contributed by atoms with Crippen molar-refractivity contribution < 1.29 is 19.1 Å². The van der Waals surface area contributed by atoms with Crippen LogP contribution in [0.15, 0.2) is 30.5 Å². The number of nitrogens with zero attached hydrogens (tertiary/aromatic N) is 2. The highest BCUT2D eigenvalue weighted by molar-refractivity contribution is 6.03. The van der Waals surface area contributed by atoms with Crippen molar-refractivity contribution in [3.05, 3.63) is 53.1 Å². The lowest BCUT2D eigenvalue weighted by Crippen LogP contribution is -2.25. The number of halogens is 1. The zero-order chi connectivity index (χ0) is 14.7. The summed E-state index contributed by atoms with van der Waals surface area (Å²) in [4.78, 5) is 22.9. The fourth-order valence-electron chi connectivity index (χ4n) is 1.71. The summed E-state index contributed by atoms with van der Waals surface area (Å²) in [7, 11) is 1.51. The van der Waals surface area contributed by atoms with Gasteiger partial charge in [-0.25, -0.2) is 9.18 Å². The van der Waals surface area contributed by atoms with Gasteiger partial charge in [0.15, 0.2) is 5.69 Å². The summed E-state index contributed by atoms with van der Waals surface area (Å²) >= 11 is 0. The molecule has 0 atom stereocenters. The lowest BCUT2D eigenvalue weighted by molar-refractivity contribution is 0.0691. The molecule has 0 saturated heterocycles. The number of nitrogens with one attached hydrogen (secondary N) is 1. The summed E-state index contributed by atoms with van der Waals surface area (Å²) in [5.74, 6) is -2.34. The monoisotopic (exact) mass is 277 g/mol. The summed E-state index contributed by atoms with van der Waals surface area (Å²) < 4.78 is 14.6. The van der Waals surface area contributed by atoms with E-state index in [1.54, 1.807) is 12.1 Å². The van der Waals surface area contributed by atoms with E-state index in [2.05, 4.69) is 10.4 Å². The first-order valence-corrected chi connectivity index (χ1v) is 5.77. The maximum atomic E-state index is 13.4. The molecule has 0 aliphatic rings. The van der Waals surface area contributed by atoms with Gasteiger partial charge in [0.05, 0.1) is 0 Å². The number of aromatic carboxylic acids is 1. The quantitative estimate of drug-likeness (QED) is 0.879. The van der Waals surface area contributed by atoms with E-state index in [0.29, 0.717) is 5.56 Å². The molecule has 0 fully saturated rings. The summed E-state index contributed by atoms with van der Waals surface area (Å²) in [6.45, 7) is -0.0405. The average molecular weight is 277 g/mol. The number of aryl methyl sites for hydroxylation is 1. The normalized spacial score (nSPS) is 10.3. The molecular formula is C13H12FN3O3. The molecule has 0 radical (unpaired) electrons. The lowest BCUT2D eigenvalue weighted by atomic mass is 10.2. The van der Waals surface area contributed by atoms with Crippen LogP contribution < -0.4 is 5.32 Å². The number of carboxylic acids is 1. The van der Waals surface area contributed by atoms with Gasteiger partial charge in [-0.05, 0) is 6.07 Å². The predicted octanol–water partition coefficient (Wildman–Crippen LogP) is 1.19. The van der Waals surface area contributed by atoms with Crippen LogP contribution in [0.25, 0.3) is 0 Å². The molecule has 0 unspecified atom stereocenters. The molecule has 1 aromatic heterocycles. The van der Waals surface area contributed by atoms with Crippen LogP contribution in [0.4, 0.5) is 4.39 Å². The van der Waals surface area contributed by atoms with E-state index in [1.807, 2.05) is 0 Å². The van der Waals surface area contributed by atoms with Gasteiger partial charge < -0.3 is 10.4 Å². The van der Waals surface area contributed by atoms with E-state index in [9.17, 15) is 14.0 Å². The van der Waals surface area contributed by atoms with Gasteiger partial charge in [-0.15, -0.1) is 0 Å². The minimum atomic E-state index is -1.24. The largest absolute Gasteiger partial charge is 0.478 e. The Morgan fingerprint density at radius 3 is 2.75 bits per heavy atom. The molecule has 1 aromatic carbocycles. The van der Waals surface area contributed by atoms with Crippen LogP contribution in [-0.4, -0.2) is 26.8 Å². The van der Waals surface area contributed by atoms with Gasteiger partial charge in [0.2, 0.25) is 0 Å². The van der Waals surface area contributed by atoms with E-state index in [4.69, 9.17) is 5.11 Å². The van der Waals surface area contributed by atoms with Crippen LogP contribution in [0.5, 0.6) is 0 Å². The lowest BCUT2D eigenvalue weighted by Gasteiger charge is -2.05. The fraction of sp³-hybridized carbons (Fsp3) is 0.154. The fourth-order valence-corrected chi connectivity index (χ4v) is 1.71. The number of benzene rings is 1. The summed E-state index contributed by atoms with van der Waals surface area (Å²) in [5, 5.41) is 15.2. The maximum absolute atomic E-state index is 13.4. The number of hydrogen-bond donors (Lipinski definition) is 2. The molecule has 0 saturated carbocycles. The van der Waals surface area contributed by atoms with Gasteiger partial charge in [-0.2, -0.15) is 5.10 Å². The Labute approximate surface area is 113 Å². The standard InChI is InChI=1S/C13H12FN3O3/c1-17-7-9(13(19)20)11(16-17)12(18)15-6-8-4-2-3-5-10(8)14/h2-5,7H,6H2,1H3,(H,15,18)(H,19,20). The third-order valence-electron chi connectivity index (χ3n) is 2.67. The summed E-state index contributed by atoms with van der Waals surface area (Å²) in [5.41, 5.74) is -0.0801. The average Bonchev–Trinajstić information content (AvgIpc) is 2.80. The Bertz CT molecular complexity index is 667. The summed E-state index contributed by atoms with van der Waals surface area (Å²) in [6.07, 6.45) is 1.24. The van der Waals surface area contributed by atoms with Gasteiger partial charge in [0.1, 0.15) is 11.4 Å². The number of carbonyl (C=O) groups is 2. The number of rotatable bonds is 4. The van der Waals surface area contributed by atoms with Crippen molar-refractivity contribution >= 4 is 11.9 Å². The van der Waals surface area contributed by atoms with Gasteiger partial charge >= 0.3 is 5.97 Å². The van der Waals surface area contributed by atoms with E-state index in [-0.39, 0.29) is 17.8 Å². The van der Waals surface area contributed by atoms with Crippen molar-refractivity contribution in [1.29, 1.82) is 0 Å². The molecule has 104 valence electrons. The molecule has 20 heavy (non-hydrogen) atoms. The minimum absolute atomic E-state index is 0.0405. The van der Waals surface area contributed by atoms with Crippen molar-refractivity contribution in [3.63, 3.8) is 0 Å². The molecule has 0 bridgehead atoms. The molecule has 0 aliphatic heterocycles. The van der Waals surface area contributed by atoms with Crippen molar-refractivity contribution in [1.82, 2.24) is 15.1 Å². The Kier molecular flexibility index (Phi) is 3.79. The van der Waals surface area contributed by atoms with E-state index >= 15 is 0 Å². The number of aromatic nitrogens is 2. The van der Waals surface area contributed by atoms with E-state index < -0.39 is 17.7 Å². The highest BCUT2D eigenvalue weighted by atomic mass is 19.1. The molecule has 2 rings (SSSR count). The molecule has 7 heteroatoms. The molecule has 0 aliphatic carbocycles. The van der Waals surface area contributed by atoms with E-state index in [0.717, 1.165) is 0 Å². The van der Waals surface area contributed by atoms with Crippen LogP contribution in [-0.2, 0) is 13.6 Å². The van der Waals surface area contributed by atoms with Gasteiger partial charge in [0.25, 0.3) is 5.91 Å². The first-order chi connectivity index (χ1) is 9.49. The Morgan fingerprint density at radius 1 is 1.40 bits per heavy atom. The smallest absolute Gasteiger partial charge is 0.339 e. The van der Waals surface area contributed by atoms with Crippen molar-refractivity contribution in [2.45, 2.75) is 6.54 Å². The van der Waals surface area contributed by atoms with Gasteiger partial charge in [-0.3, -0.25) is 9.48 Å². The van der Waals surface area contributed by atoms with Crippen molar-refractivity contribution in [2.24, 2.45) is 7.05 Å². The molecule has 2 aromatic rings. The van der Waals surface area contributed by atoms with Gasteiger partial charge in [0, 0.05) is 25.4 Å². The van der Waals surface area contributed by atoms with Gasteiger partial charge in [-0.1, -0.05) is 18.2 Å². The molecule has 2 N–H and O–H groups in total. The van der Waals surface area contributed by atoms with Crippen LogP contribution in [0.2, 0.25) is 0 Å². The second-order valence-corrected chi connectivity index (χ2v) is 4.14. The molecule has 6 nitrogen and oxygen atoms in total. The van der Waals surface area contributed by atoms with Crippen molar-refractivity contribution in [2.75, 3.05) is 0 Å². The number of hydrogen-bond acceptors (Lipinski definition) is 3. The SMILES string of the molecule is Cn1cc(C(=O)O)c(C(=O)NCc2ccccc2F)n1. The Hall–Kier alpha value is -2.70. The highest BCUT2D eigenvalue weighted by Gasteiger charge is 2.20. The number of carboxylic acid groups (broad SMARTS) is 1. The number of amides is 1. The highest BCUT2D eigenvalue weighted by Crippen LogP contribution is 2.08.